The first kappa shape index (κ1) is 13.0. The Morgan fingerprint density at radius 1 is 1.56 bits per heavy atom. The Kier molecular flexibility index (Phi) is 5.25. The second-order valence-electron chi connectivity index (χ2n) is 3.39. The summed E-state index contributed by atoms with van der Waals surface area (Å²) in [5.41, 5.74) is 0.879. The van der Waals surface area contributed by atoms with Gasteiger partial charge < -0.3 is 10.1 Å². The molecule has 0 aromatic carbocycles. The minimum atomic E-state index is 0.562. The highest BCUT2D eigenvalue weighted by atomic mass is 79.9. The van der Waals surface area contributed by atoms with Crippen molar-refractivity contribution in [2.45, 2.75) is 20.3 Å². The fourth-order valence-corrected chi connectivity index (χ4v) is 1.21. The molecule has 0 atom stereocenters. The van der Waals surface area contributed by atoms with E-state index < -0.39 is 0 Å². The van der Waals surface area contributed by atoms with E-state index in [0.29, 0.717) is 25.0 Å². The van der Waals surface area contributed by atoms with E-state index in [0.717, 1.165) is 16.6 Å². The van der Waals surface area contributed by atoms with Crippen molar-refractivity contribution in [2.24, 2.45) is 0 Å². The van der Waals surface area contributed by atoms with Crippen LogP contribution in [-0.4, -0.2) is 23.1 Å². The van der Waals surface area contributed by atoms with Gasteiger partial charge in [-0.1, -0.05) is 29.4 Å². The zero-order valence-corrected chi connectivity index (χ0v) is 11.2. The third kappa shape index (κ3) is 4.61. The van der Waals surface area contributed by atoms with E-state index in [-0.39, 0.29) is 0 Å². The molecular formula is C11H16BrN3O. The van der Waals surface area contributed by atoms with Crippen LogP contribution in [0.1, 0.15) is 19.0 Å². The molecule has 0 fully saturated rings. The summed E-state index contributed by atoms with van der Waals surface area (Å²) in [6.45, 7) is 8.96. The molecule has 0 bridgehead atoms. The number of hydrogen-bond donors (Lipinski definition) is 1. The van der Waals surface area contributed by atoms with Gasteiger partial charge in [-0.15, -0.1) is 0 Å². The molecule has 0 amide bonds. The van der Waals surface area contributed by atoms with Gasteiger partial charge in [0.1, 0.15) is 0 Å². The Bertz CT molecular complexity index is 368. The first-order valence-electron chi connectivity index (χ1n) is 5.17. The standard InChI is InChI=1S/C11H16BrN3O/c1-4-5-16-10-6-9(3)14-11(15-10)13-7-8(2)12/h6H,2,4-5,7H2,1,3H3,(H,13,14,15). The van der Waals surface area contributed by atoms with Gasteiger partial charge in [0, 0.05) is 22.8 Å². The predicted octanol–water partition coefficient (Wildman–Crippen LogP) is 2.89. The molecule has 0 aliphatic rings. The van der Waals surface area contributed by atoms with Crippen LogP contribution in [0.4, 0.5) is 5.95 Å². The van der Waals surface area contributed by atoms with Crippen molar-refractivity contribution in [3.63, 3.8) is 0 Å². The van der Waals surface area contributed by atoms with Gasteiger partial charge in [-0.2, -0.15) is 4.98 Å². The molecule has 0 spiro atoms. The Balaban J connectivity index is 2.69. The number of ether oxygens (including phenoxy) is 1. The number of anilines is 1. The first-order chi connectivity index (χ1) is 7.61. The normalized spacial score (nSPS) is 9.94. The molecule has 0 radical (unpaired) electrons. The van der Waals surface area contributed by atoms with E-state index in [1.807, 2.05) is 13.0 Å². The summed E-state index contributed by atoms with van der Waals surface area (Å²) in [6.07, 6.45) is 0.962. The van der Waals surface area contributed by atoms with Crippen molar-refractivity contribution in [1.29, 1.82) is 0 Å². The van der Waals surface area contributed by atoms with Crippen molar-refractivity contribution in [1.82, 2.24) is 9.97 Å². The summed E-state index contributed by atoms with van der Waals surface area (Å²) in [7, 11) is 0. The van der Waals surface area contributed by atoms with Crippen molar-refractivity contribution in [3.05, 3.63) is 22.8 Å². The minimum absolute atomic E-state index is 0.562. The van der Waals surface area contributed by atoms with Gasteiger partial charge >= 0.3 is 0 Å². The molecule has 4 nitrogen and oxygen atoms in total. The molecule has 0 saturated carbocycles. The summed E-state index contributed by atoms with van der Waals surface area (Å²) in [5, 5.41) is 3.05. The van der Waals surface area contributed by atoms with Gasteiger partial charge in [-0.25, -0.2) is 4.98 Å². The number of nitrogens with one attached hydrogen (secondary N) is 1. The van der Waals surface area contributed by atoms with Crippen molar-refractivity contribution >= 4 is 21.9 Å². The lowest BCUT2D eigenvalue weighted by atomic mass is 10.4. The third-order valence-electron chi connectivity index (χ3n) is 1.72. The van der Waals surface area contributed by atoms with Gasteiger partial charge in [-0.05, 0) is 13.3 Å². The quantitative estimate of drug-likeness (QED) is 0.873. The van der Waals surface area contributed by atoms with E-state index in [1.54, 1.807) is 0 Å². The van der Waals surface area contributed by atoms with Gasteiger partial charge in [-0.3, -0.25) is 0 Å². The SMILES string of the molecule is C=C(Br)CNc1nc(C)cc(OCCC)n1. The van der Waals surface area contributed by atoms with Crippen LogP contribution in [0.5, 0.6) is 5.88 Å². The number of rotatable bonds is 6. The molecule has 0 unspecified atom stereocenters. The summed E-state index contributed by atoms with van der Waals surface area (Å²) in [6, 6.07) is 1.82. The maximum absolute atomic E-state index is 5.46. The van der Waals surface area contributed by atoms with E-state index in [2.05, 4.69) is 44.7 Å². The number of aryl methyl sites for hydroxylation is 1. The van der Waals surface area contributed by atoms with E-state index in [4.69, 9.17) is 4.74 Å². The molecule has 1 N–H and O–H groups in total. The van der Waals surface area contributed by atoms with Crippen LogP contribution in [0.3, 0.4) is 0 Å². The van der Waals surface area contributed by atoms with E-state index >= 15 is 0 Å². The fraction of sp³-hybridized carbons (Fsp3) is 0.455. The van der Waals surface area contributed by atoms with Crippen LogP contribution >= 0.6 is 15.9 Å². The molecule has 1 aromatic heterocycles. The highest BCUT2D eigenvalue weighted by molar-refractivity contribution is 9.11. The third-order valence-corrected chi connectivity index (χ3v) is 2.00. The monoisotopic (exact) mass is 285 g/mol. The Morgan fingerprint density at radius 2 is 2.31 bits per heavy atom. The average molecular weight is 286 g/mol. The van der Waals surface area contributed by atoms with Crippen molar-refractivity contribution in [2.75, 3.05) is 18.5 Å². The molecule has 1 heterocycles. The maximum atomic E-state index is 5.46. The lowest BCUT2D eigenvalue weighted by Crippen LogP contribution is -2.07. The van der Waals surface area contributed by atoms with E-state index in [1.165, 1.54) is 0 Å². The van der Waals surface area contributed by atoms with Crippen LogP contribution in [0, 0.1) is 6.92 Å². The maximum Gasteiger partial charge on any atom is 0.226 e. The fourth-order valence-electron chi connectivity index (χ4n) is 1.07. The largest absolute Gasteiger partial charge is 0.478 e. The summed E-state index contributed by atoms with van der Waals surface area (Å²) >= 11 is 3.27. The van der Waals surface area contributed by atoms with E-state index in [9.17, 15) is 0 Å². The Morgan fingerprint density at radius 3 is 2.94 bits per heavy atom. The summed E-state index contributed by atoms with van der Waals surface area (Å²) in [5.74, 6) is 1.17. The summed E-state index contributed by atoms with van der Waals surface area (Å²) < 4.78 is 6.31. The Labute approximate surface area is 104 Å². The minimum Gasteiger partial charge on any atom is -0.478 e. The lowest BCUT2D eigenvalue weighted by Gasteiger charge is -2.08. The van der Waals surface area contributed by atoms with Gasteiger partial charge in [0.2, 0.25) is 11.8 Å². The molecule has 5 heteroatoms. The number of halogens is 1. The van der Waals surface area contributed by atoms with Crippen molar-refractivity contribution in [3.8, 4) is 5.88 Å². The highest BCUT2D eigenvalue weighted by Gasteiger charge is 2.02. The van der Waals surface area contributed by atoms with Gasteiger partial charge in [0.15, 0.2) is 0 Å². The molecular weight excluding hydrogens is 270 g/mol. The Hall–Kier alpha value is -1.10. The topological polar surface area (TPSA) is 47.0 Å². The molecule has 88 valence electrons. The van der Waals surface area contributed by atoms with Crippen LogP contribution in [-0.2, 0) is 0 Å². The van der Waals surface area contributed by atoms with Crippen LogP contribution in [0.25, 0.3) is 0 Å². The zero-order chi connectivity index (χ0) is 12.0. The van der Waals surface area contributed by atoms with Crippen molar-refractivity contribution < 1.29 is 4.74 Å². The second-order valence-corrected chi connectivity index (χ2v) is 4.51. The number of nitrogens with zero attached hydrogens (tertiary/aromatic N) is 2. The molecule has 0 aliphatic heterocycles. The lowest BCUT2D eigenvalue weighted by molar-refractivity contribution is 0.305. The van der Waals surface area contributed by atoms with Crippen LogP contribution in [0.15, 0.2) is 17.1 Å². The van der Waals surface area contributed by atoms with Crippen LogP contribution < -0.4 is 10.1 Å². The van der Waals surface area contributed by atoms with Crippen LogP contribution in [0.2, 0.25) is 0 Å². The zero-order valence-electron chi connectivity index (χ0n) is 9.59. The average Bonchev–Trinajstić information content (AvgIpc) is 2.23. The van der Waals surface area contributed by atoms with Gasteiger partial charge in [0.25, 0.3) is 0 Å². The molecule has 16 heavy (non-hydrogen) atoms. The number of aromatic nitrogens is 2. The smallest absolute Gasteiger partial charge is 0.226 e. The second kappa shape index (κ2) is 6.48. The predicted molar refractivity (Wildman–Crippen MR) is 69.1 cm³/mol. The first-order valence-corrected chi connectivity index (χ1v) is 5.96. The summed E-state index contributed by atoms with van der Waals surface area (Å²) in [4.78, 5) is 8.49. The molecule has 0 aliphatic carbocycles. The molecule has 1 rings (SSSR count). The highest BCUT2D eigenvalue weighted by Crippen LogP contribution is 2.13. The van der Waals surface area contributed by atoms with Gasteiger partial charge in [0.05, 0.1) is 6.61 Å². The number of hydrogen-bond acceptors (Lipinski definition) is 4. The molecule has 0 saturated heterocycles. The molecule has 1 aromatic rings.